The van der Waals surface area contributed by atoms with Crippen molar-refractivity contribution < 1.29 is 0 Å². The van der Waals surface area contributed by atoms with Crippen LogP contribution < -0.4 is 5.73 Å². The summed E-state index contributed by atoms with van der Waals surface area (Å²) in [6, 6.07) is 6.83. The van der Waals surface area contributed by atoms with E-state index in [1.165, 1.54) is 42.4 Å². The lowest BCUT2D eigenvalue weighted by Crippen LogP contribution is -2.29. The Bertz CT molecular complexity index is 423. The molecule has 0 bridgehead atoms. The van der Waals surface area contributed by atoms with E-state index < -0.39 is 0 Å². The van der Waals surface area contributed by atoms with E-state index in [2.05, 4.69) is 32.0 Å². The quantitative estimate of drug-likeness (QED) is 0.826. The molecule has 0 spiro atoms. The summed E-state index contributed by atoms with van der Waals surface area (Å²) in [7, 11) is 0. The summed E-state index contributed by atoms with van der Waals surface area (Å²) in [6.07, 6.45) is 6.61. The van der Waals surface area contributed by atoms with Gasteiger partial charge in [0.05, 0.1) is 0 Å². The van der Waals surface area contributed by atoms with Gasteiger partial charge in [-0.1, -0.05) is 31.0 Å². The number of nitrogens with two attached hydrogens (primary N) is 1. The van der Waals surface area contributed by atoms with E-state index in [0.29, 0.717) is 0 Å². The lowest BCUT2D eigenvalue weighted by atomic mass is 9.98. The molecule has 2 atom stereocenters. The van der Waals surface area contributed by atoms with Gasteiger partial charge >= 0.3 is 0 Å². The van der Waals surface area contributed by atoms with Crippen LogP contribution in [0.4, 0.5) is 0 Å². The van der Waals surface area contributed by atoms with E-state index in [1.807, 2.05) is 0 Å². The van der Waals surface area contributed by atoms with Gasteiger partial charge < -0.3 is 5.73 Å². The fraction of sp³-hybridized carbons (Fsp3) is 0.625. The van der Waals surface area contributed by atoms with Crippen molar-refractivity contribution in [1.82, 2.24) is 0 Å². The molecule has 0 heterocycles. The molecule has 0 saturated heterocycles. The van der Waals surface area contributed by atoms with Gasteiger partial charge in [0.25, 0.3) is 0 Å². The van der Waals surface area contributed by atoms with Gasteiger partial charge in [0.2, 0.25) is 0 Å². The molecular formula is C16H23N. The van der Waals surface area contributed by atoms with Crippen LogP contribution in [0.3, 0.4) is 0 Å². The van der Waals surface area contributed by atoms with Crippen molar-refractivity contribution in [3.8, 4) is 0 Å². The van der Waals surface area contributed by atoms with Crippen molar-refractivity contribution in [3.63, 3.8) is 0 Å². The minimum absolute atomic E-state index is 0.137. The smallest absolute Gasteiger partial charge is 0.0259 e. The van der Waals surface area contributed by atoms with Gasteiger partial charge in [-0.3, -0.25) is 0 Å². The maximum atomic E-state index is 6.62. The van der Waals surface area contributed by atoms with Crippen LogP contribution in [-0.2, 0) is 6.42 Å². The summed E-state index contributed by atoms with van der Waals surface area (Å²) < 4.78 is 0. The summed E-state index contributed by atoms with van der Waals surface area (Å²) in [4.78, 5) is 0. The highest BCUT2D eigenvalue weighted by atomic mass is 14.9. The topological polar surface area (TPSA) is 26.0 Å². The molecule has 2 aliphatic carbocycles. The van der Waals surface area contributed by atoms with Gasteiger partial charge in [0.1, 0.15) is 0 Å². The Balaban J connectivity index is 1.77. The van der Waals surface area contributed by atoms with Crippen molar-refractivity contribution in [2.75, 3.05) is 0 Å². The van der Waals surface area contributed by atoms with E-state index >= 15 is 0 Å². The van der Waals surface area contributed by atoms with Gasteiger partial charge in [-0.25, -0.2) is 0 Å². The summed E-state index contributed by atoms with van der Waals surface area (Å²) in [6.45, 7) is 4.37. The summed E-state index contributed by atoms with van der Waals surface area (Å²) in [5, 5.41) is 0. The Kier molecular flexibility index (Phi) is 2.55. The van der Waals surface area contributed by atoms with Crippen molar-refractivity contribution >= 4 is 0 Å². The highest BCUT2D eigenvalue weighted by Gasteiger charge is 2.61. The van der Waals surface area contributed by atoms with Gasteiger partial charge in [-0.2, -0.15) is 0 Å². The molecule has 1 heteroatoms. The lowest BCUT2D eigenvalue weighted by Gasteiger charge is -2.13. The first-order valence-corrected chi connectivity index (χ1v) is 6.96. The van der Waals surface area contributed by atoms with E-state index in [9.17, 15) is 0 Å². The molecule has 1 aromatic rings. The molecular weight excluding hydrogens is 206 g/mol. The molecule has 2 N–H and O–H groups in total. The Morgan fingerprint density at radius 3 is 2.35 bits per heavy atom. The number of benzene rings is 1. The van der Waals surface area contributed by atoms with Crippen LogP contribution in [0.2, 0.25) is 0 Å². The minimum Gasteiger partial charge on any atom is -0.324 e. The molecule has 17 heavy (non-hydrogen) atoms. The Labute approximate surface area is 104 Å². The molecule has 0 aromatic heterocycles. The van der Waals surface area contributed by atoms with Crippen LogP contribution in [0.5, 0.6) is 0 Å². The van der Waals surface area contributed by atoms with Crippen LogP contribution in [0.1, 0.15) is 42.4 Å². The molecule has 2 aliphatic rings. The average Bonchev–Trinajstić information content (AvgIpc) is 2.91. The van der Waals surface area contributed by atoms with Crippen molar-refractivity contribution in [2.45, 2.75) is 51.5 Å². The zero-order chi connectivity index (χ0) is 12.0. The monoisotopic (exact) mass is 229 g/mol. The lowest BCUT2D eigenvalue weighted by molar-refractivity contribution is 0.480. The average molecular weight is 229 g/mol. The molecule has 2 fully saturated rings. The number of rotatable bonds is 2. The molecule has 92 valence electrons. The van der Waals surface area contributed by atoms with E-state index in [1.54, 1.807) is 0 Å². The third kappa shape index (κ3) is 1.81. The first-order valence-electron chi connectivity index (χ1n) is 6.96. The predicted octanol–water partition coefficient (Wildman–Crippen LogP) is 3.36. The highest BCUT2D eigenvalue weighted by molar-refractivity contribution is 5.33. The second kappa shape index (κ2) is 3.84. The van der Waals surface area contributed by atoms with E-state index in [0.717, 1.165) is 18.3 Å². The maximum absolute atomic E-state index is 6.62. The van der Waals surface area contributed by atoms with Crippen LogP contribution in [0, 0.1) is 25.7 Å². The van der Waals surface area contributed by atoms with Gasteiger partial charge in [0, 0.05) is 5.54 Å². The number of fused-ring (bicyclic) bond motifs is 1. The van der Waals surface area contributed by atoms with Gasteiger partial charge in [-0.05, 0) is 61.6 Å². The molecule has 2 unspecified atom stereocenters. The van der Waals surface area contributed by atoms with Crippen LogP contribution in [-0.4, -0.2) is 5.54 Å². The molecule has 1 nitrogen and oxygen atoms in total. The van der Waals surface area contributed by atoms with Crippen molar-refractivity contribution in [1.29, 1.82) is 0 Å². The second-order valence-electron chi connectivity index (χ2n) is 6.21. The normalized spacial score (nSPS) is 35.5. The molecule has 3 rings (SSSR count). The van der Waals surface area contributed by atoms with E-state index in [-0.39, 0.29) is 5.54 Å². The summed E-state index contributed by atoms with van der Waals surface area (Å²) in [5.74, 6) is 1.63. The Morgan fingerprint density at radius 2 is 1.76 bits per heavy atom. The fourth-order valence-electron chi connectivity index (χ4n) is 3.83. The van der Waals surface area contributed by atoms with Gasteiger partial charge in [0.15, 0.2) is 0 Å². The van der Waals surface area contributed by atoms with Crippen molar-refractivity contribution in [3.05, 3.63) is 34.9 Å². The van der Waals surface area contributed by atoms with Crippen LogP contribution >= 0.6 is 0 Å². The SMILES string of the molecule is Cc1ccc(CC2(N)C3CCCCC32)cc1C. The zero-order valence-corrected chi connectivity index (χ0v) is 11.0. The van der Waals surface area contributed by atoms with E-state index in [4.69, 9.17) is 5.73 Å². The number of hydrogen-bond acceptors (Lipinski definition) is 1. The first-order chi connectivity index (χ1) is 8.11. The highest BCUT2D eigenvalue weighted by Crippen LogP contribution is 2.58. The Hall–Kier alpha value is -0.820. The predicted molar refractivity (Wildman–Crippen MR) is 72.0 cm³/mol. The third-order valence-corrected chi connectivity index (χ3v) is 5.12. The van der Waals surface area contributed by atoms with Crippen LogP contribution in [0.25, 0.3) is 0 Å². The Morgan fingerprint density at radius 1 is 1.12 bits per heavy atom. The number of aryl methyl sites for hydroxylation is 2. The summed E-state index contributed by atoms with van der Waals surface area (Å²) in [5.41, 5.74) is 11.0. The molecule has 0 radical (unpaired) electrons. The first kappa shape index (κ1) is 11.3. The largest absolute Gasteiger partial charge is 0.324 e. The fourth-order valence-corrected chi connectivity index (χ4v) is 3.83. The standard InChI is InChI=1S/C16H23N/c1-11-7-8-13(9-12(11)2)10-16(17)14-5-3-4-6-15(14)16/h7-9,14-15H,3-6,10,17H2,1-2H3. The zero-order valence-electron chi connectivity index (χ0n) is 11.0. The minimum atomic E-state index is 0.137. The third-order valence-electron chi connectivity index (χ3n) is 5.12. The van der Waals surface area contributed by atoms with Crippen LogP contribution in [0.15, 0.2) is 18.2 Å². The second-order valence-corrected chi connectivity index (χ2v) is 6.21. The summed E-state index contributed by atoms with van der Waals surface area (Å²) >= 11 is 0. The maximum Gasteiger partial charge on any atom is 0.0259 e. The van der Waals surface area contributed by atoms with Crippen molar-refractivity contribution in [2.24, 2.45) is 17.6 Å². The molecule has 0 aliphatic heterocycles. The van der Waals surface area contributed by atoms with Gasteiger partial charge in [-0.15, -0.1) is 0 Å². The molecule has 2 saturated carbocycles. The molecule has 0 amide bonds. The molecule has 1 aromatic carbocycles. The number of hydrogen-bond donors (Lipinski definition) is 1.